The fourth-order valence-electron chi connectivity index (χ4n) is 0.759. The Bertz CT molecular complexity index is 211. The maximum absolute atomic E-state index is 4.23. The summed E-state index contributed by atoms with van der Waals surface area (Å²) in [5.41, 5.74) is 1.27. The Balaban J connectivity index is 0.000000561. The van der Waals surface area contributed by atoms with Crippen LogP contribution in [-0.2, 0) is 0 Å². The monoisotopic (exact) mass is 183 g/mol. The first-order valence-electron chi connectivity index (χ1n) is 4.39. The van der Waals surface area contributed by atoms with E-state index in [0.717, 1.165) is 10.8 Å². The normalized spacial score (nSPS) is 8.67. The van der Waals surface area contributed by atoms with Crippen LogP contribution >= 0.6 is 11.8 Å². The highest BCUT2D eigenvalue weighted by molar-refractivity contribution is 7.99. The van der Waals surface area contributed by atoms with Crippen LogP contribution in [0.1, 0.15) is 26.3 Å². The maximum atomic E-state index is 4.23. The molecule has 0 bridgehead atoms. The van der Waals surface area contributed by atoms with E-state index in [-0.39, 0.29) is 0 Å². The molecular formula is C10H17NS. The zero-order chi connectivity index (χ0) is 9.40. The van der Waals surface area contributed by atoms with E-state index in [1.807, 2.05) is 26.1 Å². The summed E-state index contributed by atoms with van der Waals surface area (Å²) < 4.78 is 0. The van der Waals surface area contributed by atoms with Gasteiger partial charge in [-0.05, 0) is 24.3 Å². The van der Waals surface area contributed by atoms with Crippen LogP contribution in [-0.4, -0.2) is 10.7 Å². The largest absolute Gasteiger partial charge is 0.250 e. The van der Waals surface area contributed by atoms with Gasteiger partial charge >= 0.3 is 0 Å². The van der Waals surface area contributed by atoms with Gasteiger partial charge in [0.05, 0.1) is 5.03 Å². The van der Waals surface area contributed by atoms with Crippen molar-refractivity contribution in [1.29, 1.82) is 0 Å². The van der Waals surface area contributed by atoms with Gasteiger partial charge in [-0.15, -0.1) is 11.8 Å². The highest BCUT2D eigenvalue weighted by Crippen LogP contribution is 2.17. The molecule has 0 aliphatic rings. The summed E-state index contributed by atoms with van der Waals surface area (Å²) in [7, 11) is 0. The lowest BCUT2D eigenvalue weighted by Gasteiger charge is -1.99. The van der Waals surface area contributed by atoms with Crippen LogP contribution < -0.4 is 0 Å². The lowest BCUT2D eigenvalue weighted by Crippen LogP contribution is -1.83. The highest BCUT2D eigenvalue weighted by atomic mass is 32.2. The van der Waals surface area contributed by atoms with Crippen LogP contribution in [0.15, 0.2) is 23.4 Å². The molecule has 1 heterocycles. The second kappa shape index (κ2) is 7.17. The lowest BCUT2D eigenvalue weighted by molar-refractivity contribution is 1.08. The average Bonchev–Trinajstić information content (AvgIpc) is 2.13. The van der Waals surface area contributed by atoms with E-state index in [4.69, 9.17) is 0 Å². The molecule has 0 radical (unpaired) electrons. The Labute approximate surface area is 79.6 Å². The minimum Gasteiger partial charge on any atom is -0.250 e. The first kappa shape index (κ1) is 11.5. The predicted octanol–water partition coefficient (Wildman–Crippen LogP) is 3.53. The van der Waals surface area contributed by atoms with Gasteiger partial charge in [-0.25, -0.2) is 4.98 Å². The molecule has 2 heteroatoms. The van der Waals surface area contributed by atoms with Crippen molar-refractivity contribution in [1.82, 2.24) is 4.98 Å². The summed E-state index contributed by atoms with van der Waals surface area (Å²) >= 11 is 1.79. The fraction of sp³-hybridized carbons (Fsp3) is 0.500. The lowest BCUT2D eigenvalue weighted by atomic mass is 10.3. The first-order valence-corrected chi connectivity index (χ1v) is 5.37. The van der Waals surface area contributed by atoms with Crippen molar-refractivity contribution in [3.63, 3.8) is 0 Å². The summed E-state index contributed by atoms with van der Waals surface area (Å²) in [5, 5.41) is 1.16. The van der Waals surface area contributed by atoms with Crippen LogP contribution in [0.25, 0.3) is 0 Å². The minimum atomic E-state index is 1.10. The molecule has 0 saturated heterocycles. The fourth-order valence-corrected chi connectivity index (χ4v) is 1.46. The standard InChI is InChI=1S/C8H11NS.C2H6/c1-3-10-8-7(2)5-4-6-9-8;1-2/h4-6H,3H2,1-2H3;1-2H3. The van der Waals surface area contributed by atoms with Crippen molar-refractivity contribution < 1.29 is 0 Å². The van der Waals surface area contributed by atoms with Crippen LogP contribution in [0.3, 0.4) is 0 Å². The van der Waals surface area contributed by atoms with Crippen molar-refractivity contribution in [2.24, 2.45) is 0 Å². The molecular weight excluding hydrogens is 166 g/mol. The molecule has 0 atom stereocenters. The van der Waals surface area contributed by atoms with Gasteiger partial charge in [-0.2, -0.15) is 0 Å². The van der Waals surface area contributed by atoms with Crippen molar-refractivity contribution in [3.05, 3.63) is 23.9 Å². The third-order valence-electron chi connectivity index (χ3n) is 1.24. The molecule has 0 N–H and O–H groups in total. The highest BCUT2D eigenvalue weighted by Gasteiger charge is 1.94. The summed E-state index contributed by atoms with van der Waals surface area (Å²) in [5.74, 6) is 1.10. The van der Waals surface area contributed by atoms with Crippen molar-refractivity contribution in [2.75, 3.05) is 5.75 Å². The Morgan fingerprint density at radius 1 is 1.42 bits per heavy atom. The van der Waals surface area contributed by atoms with Gasteiger partial charge in [-0.1, -0.05) is 26.8 Å². The molecule has 0 aromatic carbocycles. The van der Waals surface area contributed by atoms with Crippen molar-refractivity contribution in [2.45, 2.75) is 32.7 Å². The van der Waals surface area contributed by atoms with Gasteiger partial charge in [0.15, 0.2) is 0 Å². The Morgan fingerprint density at radius 3 is 2.58 bits per heavy atom. The van der Waals surface area contributed by atoms with E-state index >= 15 is 0 Å². The molecule has 1 rings (SSSR count). The smallest absolute Gasteiger partial charge is 0.0988 e. The number of hydrogen-bond acceptors (Lipinski definition) is 2. The summed E-state index contributed by atoms with van der Waals surface area (Å²) in [6.07, 6.45) is 1.84. The summed E-state index contributed by atoms with van der Waals surface area (Å²) in [4.78, 5) is 4.23. The van der Waals surface area contributed by atoms with E-state index in [0.29, 0.717) is 0 Å². The number of nitrogens with zero attached hydrogens (tertiary/aromatic N) is 1. The van der Waals surface area contributed by atoms with E-state index in [1.165, 1.54) is 5.56 Å². The molecule has 0 unspecified atom stereocenters. The molecule has 0 spiro atoms. The number of hydrogen-bond donors (Lipinski definition) is 0. The number of aromatic nitrogens is 1. The second-order valence-electron chi connectivity index (χ2n) is 2.06. The van der Waals surface area contributed by atoms with Gasteiger partial charge in [0.2, 0.25) is 0 Å². The third-order valence-corrected chi connectivity index (χ3v) is 2.23. The van der Waals surface area contributed by atoms with Crippen molar-refractivity contribution >= 4 is 11.8 Å². The maximum Gasteiger partial charge on any atom is 0.0988 e. The quantitative estimate of drug-likeness (QED) is 0.651. The van der Waals surface area contributed by atoms with Crippen molar-refractivity contribution in [3.8, 4) is 0 Å². The van der Waals surface area contributed by atoms with Crippen LogP contribution in [0, 0.1) is 6.92 Å². The molecule has 1 nitrogen and oxygen atoms in total. The van der Waals surface area contributed by atoms with Crippen LogP contribution in [0.2, 0.25) is 0 Å². The summed E-state index contributed by atoms with van der Waals surface area (Å²) in [6, 6.07) is 4.06. The number of aryl methyl sites for hydroxylation is 1. The van der Waals surface area contributed by atoms with Gasteiger partial charge < -0.3 is 0 Å². The van der Waals surface area contributed by atoms with Gasteiger partial charge in [0.25, 0.3) is 0 Å². The molecule has 12 heavy (non-hydrogen) atoms. The molecule has 0 fully saturated rings. The van der Waals surface area contributed by atoms with E-state index in [2.05, 4.69) is 24.9 Å². The molecule has 0 aliphatic heterocycles. The molecule has 0 amide bonds. The van der Waals surface area contributed by atoms with Gasteiger partial charge in [-0.3, -0.25) is 0 Å². The number of rotatable bonds is 2. The van der Waals surface area contributed by atoms with E-state index in [9.17, 15) is 0 Å². The third kappa shape index (κ3) is 3.77. The average molecular weight is 183 g/mol. The Hall–Kier alpha value is -0.500. The number of thioether (sulfide) groups is 1. The van der Waals surface area contributed by atoms with Gasteiger partial charge in [0, 0.05) is 6.20 Å². The zero-order valence-electron chi connectivity index (χ0n) is 8.29. The topological polar surface area (TPSA) is 12.9 Å². The summed E-state index contributed by atoms with van der Waals surface area (Å²) in [6.45, 7) is 8.23. The first-order chi connectivity index (χ1) is 5.84. The predicted molar refractivity (Wildman–Crippen MR) is 56.7 cm³/mol. The van der Waals surface area contributed by atoms with Gasteiger partial charge in [0.1, 0.15) is 0 Å². The SMILES string of the molecule is CC.CCSc1ncccc1C. The number of pyridine rings is 1. The molecule has 1 aromatic heterocycles. The zero-order valence-corrected chi connectivity index (χ0v) is 9.11. The van der Waals surface area contributed by atoms with E-state index < -0.39 is 0 Å². The van der Waals surface area contributed by atoms with Crippen LogP contribution in [0.5, 0.6) is 0 Å². The molecule has 1 aromatic rings. The Kier molecular flexibility index (Phi) is 6.87. The Morgan fingerprint density at radius 2 is 2.08 bits per heavy atom. The van der Waals surface area contributed by atoms with Crippen LogP contribution in [0.4, 0.5) is 0 Å². The molecule has 68 valence electrons. The van der Waals surface area contributed by atoms with E-state index in [1.54, 1.807) is 11.8 Å². The minimum absolute atomic E-state index is 1.10. The molecule has 0 aliphatic carbocycles. The molecule has 0 saturated carbocycles. The second-order valence-corrected chi connectivity index (χ2v) is 3.31.